The molecule has 2 nitrogen and oxygen atoms in total. The van der Waals surface area contributed by atoms with Crippen LogP contribution >= 0.6 is 0 Å². The van der Waals surface area contributed by atoms with E-state index in [0.717, 1.165) is 0 Å². The third-order valence-electron chi connectivity index (χ3n) is 1.66. The van der Waals surface area contributed by atoms with Crippen molar-refractivity contribution in [2.75, 3.05) is 0 Å². The van der Waals surface area contributed by atoms with Gasteiger partial charge in [0.1, 0.15) is 0 Å². The molecule has 1 aliphatic carbocycles. The number of rotatable bonds is 2. The van der Waals surface area contributed by atoms with Crippen molar-refractivity contribution in [1.82, 2.24) is 0 Å². The predicted molar refractivity (Wildman–Crippen MR) is 31.5 cm³/mol. The van der Waals surface area contributed by atoms with Gasteiger partial charge in [0.25, 0.3) is 0 Å². The van der Waals surface area contributed by atoms with E-state index >= 15 is 0 Å². The van der Waals surface area contributed by atoms with Crippen LogP contribution in [0.15, 0.2) is 0 Å². The number of primary amides is 1. The van der Waals surface area contributed by atoms with Gasteiger partial charge in [-0.15, -0.1) is 0 Å². The molecule has 0 saturated heterocycles. The molecule has 0 aromatic carbocycles. The average Bonchev–Trinajstić information content (AvgIpc) is 1.57. The molecule has 1 fully saturated rings. The molecular weight excluding hydrogens is 140 g/mol. The summed E-state index contributed by atoms with van der Waals surface area (Å²) in [7, 11) is 0. The van der Waals surface area contributed by atoms with Crippen molar-refractivity contribution >= 4 is 5.91 Å². The second-order valence-electron chi connectivity index (χ2n) is 2.80. The van der Waals surface area contributed by atoms with Crippen LogP contribution in [0.1, 0.15) is 19.3 Å². The number of carbonyl (C=O) groups is 1. The zero-order valence-electron chi connectivity index (χ0n) is 5.44. The molecule has 1 saturated carbocycles. The van der Waals surface area contributed by atoms with E-state index in [0.29, 0.717) is 0 Å². The fraction of sp³-hybridized carbons (Fsp3) is 0.833. The van der Waals surface area contributed by atoms with Crippen molar-refractivity contribution in [3.8, 4) is 0 Å². The number of nitrogens with two attached hydrogens (primary N) is 1. The van der Waals surface area contributed by atoms with Crippen molar-refractivity contribution in [3.05, 3.63) is 0 Å². The first kappa shape index (κ1) is 7.44. The lowest BCUT2D eigenvalue weighted by Crippen LogP contribution is -2.37. The fourth-order valence-corrected chi connectivity index (χ4v) is 1.21. The molecule has 1 aliphatic rings. The van der Waals surface area contributed by atoms with Crippen LogP contribution in [0, 0.1) is 5.92 Å². The van der Waals surface area contributed by atoms with Crippen LogP contribution in [-0.2, 0) is 4.79 Å². The van der Waals surface area contributed by atoms with E-state index < -0.39 is 11.8 Å². The van der Waals surface area contributed by atoms with E-state index in [9.17, 15) is 13.6 Å². The van der Waals surface area contributed by atoms with Gasteiger partial charge >= 0.3 is 0 Å². The van der Waals surface area contributed by atoms with Crippen molar-refractivity contribution in [2.24, 2.45) is 11.7 Å². The first-order valence-electron chi connectivity index (χ1n) is 3.16. The summed E-state index contributed by atoms with van der Waals surface area (Å²) < 4.78 is 24.2. The monoisotopic (exact) mass is 149 g/mol. The molecule has 0 spiro atoms. The van der Waals surface area contributed by atoms with Gasteiger partial charge in [0.05, 0.1) is 0 Å². The van der Waals surface area contributed by atoms with Gasteiger partial charge < -0.3 is 5.73 Å². The number of halogens is 2. The average molecular weight is 149 g/mol. The minimum Gasteiger partial charge on any atom is -0.370 e. The number of alkyl halides is 2. The van der Waals surface area contributed by atoms with Crippen LogP contribution in [0.5, 0.6) is 0 Å². The summed E-state index contributed by atoms with van der Waals surface area (Å²) in [6, 6.07) is 0. The summed E-state index contributed by atoms with van der Waals surface area (Å²) in [5.41, 5.74) is 4.81. The maximum Gasteiger partial charge on any atom is 0.248 e. The lowest BCUT2D eigenvalue weighted by atomic mass is 9.79. The standard InChI is InChI=1S/C6H9F2NO/c7-6(8)2-4(3-6)1-5(9)10/h4H,1-3H2,(H2,9,10). The molecule has 0 heterocycles. The van der Waals surface area contributed by atoms with Crippen LogP contribution in [0.3, 0.4) is 0 Å². The quantitative estimate of drug-likeness (QED) is 0.623. The molecule has 0 atom stereocenters. The van der Waals surface area contributed by atoms with Crippen LogP contribution in [0.2, 0.25) is 0 Å². The number of carbonyl (C=O) groups excluding carboxylic acids is 1. The third kappa shape index (κ3) is 1.65. The normalized spacial score (nSPS) is 23.8. The highest BCUT2D eigenvalue weighted by atomic mass is 19.3. The van der Waals surface area contributed by atoms with Gasteiger partial charge in [0, 0.05) is 19.3 Å². The number of amides is 1. The maximum absolute atomic E-state index is 12.1. The predicted octanol–water partition coefficient (Wildman–Crippen LogP) is 0.907. The number of hydrogen-bond acceptors (Lipinski definition) is 1. The highest BCUT2D eigenvalue weighted by molar-refractivity contribution is 5.74. The van der Waals surface area contributed by atoms with Gasteiger partial charge in [-0.1, -0.05) is 0 Å². The Hall–Kier alpha value is -0.670. The fourth-order valence-electron chi connectivity index (χ4n) is 1.21. The van der Waals surface area contributed by atoms with Crippen LogP contribution < -0.4 is 5.73 Å². The minimum absolute atomic E-state index is 0.107. The molecule has 4 heteroatoms. The summed E-state index contributed by atoms with van der Waals surface area (Å²) in [5, 5.41) is 0. The molecule has 0 radical (unpaired) electrons. The zero-order chi connectivity index (χ0) is 7.78. The van der Waals surface area contributed by atoms with Gasteiger partial charge in [0.2, 0.25) is 11.8 Å². The van der Waals surface area contributed by atoms with E-state index in [1.807, 2.05) is 0 Å². The Labute approximate surface area is 57.4 Å². The Morgan fingerprint density at radius 3 is 2.40 bits per heavy atom. The summed E-state index contributed by atoms with van der Waals surface area (Å²) in [6.45, 7) is 0. The molecule has 58 valence electrons. The first-order valence-corrected chi connectivity index (χ1v) is 3.16. The molecular formula is C6H9F2NO. The third-order valence-corrected chi connectivity index (χ3v) is 1.66. The maximum atomic E-state index is 12.1. The van der Waals surface area contributed by atoms with E-state index in [1.54, 1.807) is 0 Å². The summed E-state index contributed by atoms with van der Waals surface area (Å²) >= 11 is 0. The van der Waals surface area contributed by atoms with Gasteiger partial charge in [-0.3, -0.25) is 4.79 Å². The minimum atomic E-state index is -2.53. The largest absolute Gasteiger partial charge is 0.370 e. The Bertz CT molecular complexity index is 150. The highest BCUT2D eigenvalue weighted by Gasteiger charge is 2.45. The molecule has 1 rings (SSSR count). The second-order valence-corrected chi connectivity index (χ2v) is 2.80. The molecule has 0 aromatic heterocycles. The lowest BCUT2D eigenvalue weighted by Gasteiger charge is -2.33. The van der Waals surface area contributed by atoms with Gasteiger partial charge in [-0.25, -0.2) is 8.78 Å². The number of hydrogen-bond donors (Lipinski definition) is 1. The Balaban J connectivity index is 2.21. The molecule has 10 heavy (non-hydrogen) atoms. The van der Waals surface area contributed by atoms with Crippen molar-refractivity contribution in [1.29, 1.82) is 0 Å². The Kier molecular flexibility index (Phi) is 1.62. The highest BCUT2D eigenvalue weighted by Crippen LogP contribution is 2.43. The summed E-state index contributed by atoms with van der Waals surface area (Å²) in [6.07, 6.45) is -0.235. The topological polar surface area (TPSA) is 43.1 Å². The smallest absolute Gasteiger partial charge is 0.248 e. The van der Waals surface area contributed by atoms with E-state index in [4.69, 9.17) is 5.73 Å². The van der Waals surface area contributed by atoms with Crippen LogP contribution in [0.25, 0.3) is 0 Å². The molecule has 0 aromatic rings. The Morgan fingerprint density at radius 2 is 2.10 bits per heavy atom. The van der Waals surface area contributed by atoms with Crippen LogP contribution in [-0.4, -0.2) is 11.8 Å². The summed E-state index contributed by atoms with van der Waals surface area (Å²) in [5.74, 6) is -3.19. The van der Waals surface area contributed by atoms with Crippen molar-refractivity contribution < 1.29 is 13.6 Å². The zero-order valence-corrected chi connectivity index (χ0v) is 5.44. The molecule has 0 bridgehead atoms. The first-order chi connectivity index (χ1) is 4.49. The second kappa shape index (κ2) is 2.18. The van der Waals surface area contributed by atoms with Gasteiger partial charge in [-0.05, 0) is 5.92 Å². The van der Waals surface area contributed by atoms with E-state index in [2.05, 4.69) is 0 Å². The van der Waals surface area contributed by atoms with E-state index in [1.165, 1.54) is 0 Å². The lowest BCUT2D eigenvalue weighted by molar-refractivity contribution is -0.131. The Morgan fingerprint density at radius 1 is 1.60 bits per heavy atom. The summed E-state index contributed by atoms with van der Waals surface area (Å²) in [4.78, 5) is 10.2. The van der Waals surface area contributed by atoms with Crippen LogP contribution in [0.4, 0.5) is 8.78 Å². The molecule has 0 aliphatic heterocycles. The van der Waals surface area contributed by atoms with Gasteiger partial charge in [-0.2, -0.15) is 0 Å². The SMILES string of the molecule is NC(=O)CC1CC(F)(F)C1. The van der Waals surface area contributed by atoms with Crippen molar-refractivity contribution in [2.45, 2.75) is 25.2 Å². The molecule has 2 N–H and O–H groups in total. The molecule has 0 unspecified atom stereocenters. The molecule has 1 amide bonds. The van der Waals surface area contributed by atoms with E-state index in [-0.39, 0.29) is 25.2 Å². The van der Waals surface area contributed by atoms with Crippen molar-refractivity contribution in [3.63, 3.8) is 0 Å². The van der Waals surface area contributed by atoms with Gasteiger partial charge in [0.15, 0.2) is 0 Å².